The second-order valence-corrected chi connectivity index (χ2v) is 6.59. The van der Waals surface area contributed by atoms with E-state index < -0.39 is 40.6 Å². The van der Waals surface area contributed by atoms with Gasteiger partial charge in [-0.2, -0.15) is 26.3 Å². The molecule has 30 heavy (non-hydrogen) atoms. The quantitative estimate of drug-likeness (QED) is 0.617. The topological polar surface area (TPSA) is 79.3 Å². The predicted octanol–water partition coefficient (Wildman–Crippen LogP) is 3.86. The standard InChI is InChI=1S/C18H14F6N4O2/c1-8-13(9(2)28-14(25-8)7-16(30)27-28)6-15(29)26-12-4-10(17(19,20)21)3-11(5-12)18(22,23)24/h3-5,7H,6H2,1-2H3,(H,26,29)(H,27,30). The minimum Gasteiger partial charge on any atom is -0.326 e. The van der Waals surface area contributed by atoms with Crippen molar-refractivity contribution in [3.63, 3.8) is 0 Å². The lowest BCUT2D eigenvalue weighted by atomic mass is 10.1. The summed E-state index contributed by atoms with van der Waals surface area (Å²) in [5.41, 5.74) is -2.60. The molecule has 0 aliphatic rings. The molecule has 0 aliphatic heterocycles. The summed E-state index contributed by atoms with van der Waals surface area (Å²) in [5, 5.41) is 4.56. The highest BCUT2D eigenvalue weighted by Gasteiger charge is 2.37. The second kappa shape index (κ2) is 7.18. The first-order chi connectivity index (χ1) is 13.8. The number of nitrogens with zero attached hydrogens (tertiary/aromatic N) is 2. The van der Waals surface area contributed by atoms with E-state index in [9.17, 15) is 35.9 Å². The molecule has 1 amide bonds. The van der Waals surface area contributed by atoms with E-state index in [4.69, 9.17) is 0 Å². The molecule has 0 aliphatic carbocycles. The van der Waals surface area contributed by atoms with Gasteiger partial charge in [0.1, 0.15) is 0 Å². The maximum atomic E-state index is 13.0. The number of carbonyl (C=O) groups is 1. The van der Waals surface area contributed by atoms with Gasteiger partial charge < -0.3 is 5.32 Å². The minimum atomic E-state index is -5.02. The van der Waals surface area contributed by atoms with E-state index in [1.807, 2.05) is 0 Å². The van der Waals surface area contributed by atoms with Crippen LogP contribution in [0.15, 0.2) is 29.1 Å². The van der Waals surface area contributed by atoms with E-state index in [-0.39, 0.29) is 12.5 Å². The van der Waals surface area contributed by atoms with E-state index >= 15 is 0 Å². The van der Waals surface area contributed by atoms with Crippen molar-refractivity contribution in [3.05, 3.63) is 62.7 Å². The first-order valence-corrected chi connectivity index (χ1v) is 8.43. The molecule has 0 atom stereocenters. The molecule has 2 heterocycles. The van der Waals surface area contributed by atoms with Crippen LogP contribution in [0, 0.1) is 13.8 Å². The summed E-state index contributed by atoms with van der Waals surface area (Å²) in [6.45, 7) is 3.16. The number of amides is 1. The molecule has 3 aromatic rings. The zero-order valence-corrected chi connectivity index (χ0v) is 15.5. The van der Waals surface area contributed by atoms with Crippen molar-refractivity contribution in [3.8, 4) is 0 Å². The summed E-state index contributed by atoms with van der Waals surface area (Å²) < 4.78 is 79.1. The molecule has 12 heteroatoms. The average Bonchev–Trinajstić information content (AvgIpc) is 2.97. The van der Waals surface area contributed by atoms with Crippen molar-refractivity contribution in [2.45, 2.75) is 32.6 Å². The lowest BCUT2D eigenvalue weighted by Gasteiger charge is -2.15. The van der Waals surface area contributed by atoms with Gasteiger partial charge in [0.05, 0.1) is 17.5 Å². The lowest BCUT2D eigenvalue weighted by Crippen LogP contribution is -2.19. The van der Waals surface area contributed by atoms with E-state index in [1.165, 1.54) is 10.6 Å². The van der Waals surface area contributed by atoms with Crippen LogP contribution in [-0.2, 0) is 23.6 Å². The van der Waals surface area contributed by atoms with Crippen LogP contribution in [-0.4, -0.2) is 20.5 Å². The molecule has 1 aromatic carbocycles. The fourth-order valence-corrected chi connectivity index (χ4v) is 3.00. The van der Waals surface area contributed by atoms with Gasteiger partial charge in [0.15, 0.2) is 5.65 Å². The van der Waals surface area contributed by atoms with Crippen molar-refractivity contribution in [1.29, 1.82) is 0 Å². The van der Waals surface area contributed by atoms with E-state index in [0.717, 1.165) is 0 Å². The smallest absolute Gasteiger partial charge is 0.326 e. The fraction of sp³-hybridized carbons (Fsp3) is 0.278. The van der Waals surface area contributed by atoms with E-state index in [1.54, 1.807) is 13.8 Å². The number of aryl methyl sites for hydroxylation is 2. The van der Waals surface area contributed by atoms with Gasteiger partial charge in [-0.3, -0.25) is 14.7 Å². The van der Waals surface area contributed by atoms with Crippen LogP contribution >= 0.6 is 0 Å². The van der Waals surface area contributed by atoms with Gasteiger partial charge in [-0.25, -0.2) is 9.50 Å². The number of rotatable bonds is 3. The van der Waals surface area contributed by atoms with Crippen LogP contribution in [0.1, 0.15) is 28.1 Å². The summed E-state index contributed by atoms with van der Waals surface area (Å²) in [5.74, 6) is -0.843. The number of halogens is 6. The predicted molar refractivity (Wildman–Crippen MR) is 94.1 cm³/mol. The fourth-order valence-electron chi connectivity index (χ4n) is 3.00. The first-order valence-electron chi connectivity index (χ1n) is 8.43. The van der Waals surface area contributed by atoms with Crippen LogP contribution in [0.25, 0.3) is 5.65 Å². The van der Waals surface area contributed by atoms with Crippen LogP contribution in [0.2, 0.25) is 0 Å². The zero-order chi connectivity index (χ0) is 22.4. The highest BCUT2D eigenvalue weighted by molar-refractivity contribution is 5.92. The number of hydrogen-bond acceptors (Lipinski definition) is 3. The molecule has 160 valence electrons. The van der Waals surface area contributed by atoms with Crippen molar-refractivity contribution in [2.75, 3.05) is 5.32 Å². The molecule has 0 saturated carbocycles. The minimum absolute atomic E-state index is 0.0236. The maximum Gasteiger partial charge on any atom is 0.416 e. The number of hydrogen-bond donors (Lipinski definition) is 2. The Morgan fingerprint density at radius 2 is 1.60 bits per heavy atom. The normalized spacial score (nSPS) is 12.4. The van der Waals surface area contributed by atoms with Crippen LogP contribution in [0.4, 0.5) is 32.0 Å². The maximum absolute atomic E-state index is 13.0. The third kappa shape index (κ3) is 4.31. The number of fused-ring (bicyclic) bond motifs is 1. The van der Waals surface area contributed by atoms with Crippen molar-refractivity contribution in [2.24, 2.45) is 0 Å². The number of carbonyl (C=O) groups excluding carboxylic acids is 1. The zero-order valence-electron chi connectivity index (χ0n) is 15.5. The Kier molecular flexibility index (Phi) is 5.12. The summed E-state index contributed by atoms with van der Waals surface area (Å²) in [7, 11) is 0. The highest BCUT2D eigenvalue weighted by Crippen LogP contribution is 2.37. The Morgan fingerprint density at radius 1 is 1.03 bits per heavy atom. The van der Waals surface area contributed by atoms with Gasteiger partial charge in [-0.1, -0.05) is 0 Å². The molecule has 6 nitrogen and oxygen atoms in total. The Labute approximate surface area is 164 Å². The monoisotopic (exact) mass is 432 g/mol. The third-order valence-electron chi connectivity index (χ3n) is 4.41. The number of aromatic nitrogens is 3. The Morgan fingerprint density at radius 3 is 2.13 bits per heavy atom. The summed E-state index contributed by atoms with van der Waals surface area (Å²) in [6, 6.07) is 2.07. The van der Waals surface area contributed by atoms with Crippen LogP contribution in [0.5, 0.6) is 0 Å². The molecule has 0 unspecified atom stereocenters. The Balaban J connectivity index is 1.93. The van der Waals surface area contributed by atoms with Gasteiger partial charge in [0.25, 0.3) is 5.56 Å². The Hall–Kier alpha value is -3.31. The molecule has 0 saturated heterocycles. The average molecular weight is 432 g/mol. The summed E-state index contributed by atoms with van der Waals surface area (Å²) in [6.07, 6.45) is -10.4. The van der Waals surface area contributed by atoms with Crippen molar-refractivity contribution in [1.82, 2.24) is 14.6 Å². The number of nitrogens with one attached hydrogen (secondary N) is 2. The number of H-pyrrole nitrogens is 1. The molecule has 3 rings (SSSR count). The molecular weight excluding hydrogens is 418 g/mol. The third-order valence-corrected chi connectivity index (χ3v) is 4.41. The summed E-state index contributed by atoms with van der Waals surface area (Å²) in [4.78, 5) is 28.0. The number of anilines is 1. The molecule has 0 spiro atoms. The number of alkyl halides is 6. The van der Waals surface area contributed by atoms with Crippen LogP contribution in [0.3, 0.4) is 0 Å². The van der Waals surface area contributed by atoms with Gasteiger partial charge in [-0.05, 0) is 32.0 Å². The molecule has 2 N–H and O–H groups in total. The van der Waals surface area contributed by atoms with Gasteiger partial charge in [0.2, 0.25) is 5.91 Å². The van der Waals surface area contributed by atoms with Gasteiger partial charge in [0, 0.05) is 28.7 Å². The van der Waals surface area contributed by atoms with E-state index in [2.05, 4.69) is 15.4 Å². The highest BCUT2D eigenvalue weighted by atomic mass is 19.4. The van der Waals surface area contributed by atoms with Gasteiger partial charge in [-0.15, -0.1) is 0 Å². The van der Waals surface area contributed by atoms with Gasteiger partial charge >= 0.3 is 12.4 Å². The molecular formula is C18H14F6N4O2. The Bertz CT molecular complexity index is 1160. The second-order valence-electron chi connectivity index (χ2n) is 6.59. The molecule has 0 radical (unpaired) electrons. The van der Waals surface area contributed by atoms with Crippen molar-refractivity contribution >= 4 is 17.2 Å². The molecule has 0 bridgehead atoms. The van der Waals surface area contributed by atoms with E-state index in [0.29, 0.717) is 34.7 Å². The first kappa shape index (κ1) is 21.4. The number of aromatic amines is 1. The van der Waals surface area contributed by atoms with Crippen molar-refractivity contribution < 1.29 is 31.1 Å². The summed E-state index contributed by atoms with van der Waals surface area (Å²) >= 11 is 0. The number of benzene rings is 1. The van der Waals surface area contributed by atoms with Crippen LogP contribution < -0.4 is 10.9 Å². The lowest BCUT2D eigenvalue weighted by molar-refractivity contribution is -0.143. The SMILES string of the molecule is Cc1nc2cc(=O)[nH]n2c(C)c1CC(=O)Nc1cc(C(F)(F)F)cc(C(F)(F)F)c1. The molecule has 2 aromatic heterocycles. The molecule has 0 fully saturated rings. The largest absolute Gasteiger partial charge is 0.416 e.